The van der Waals surface area contributed by atoms with Crippen molar-refractivity contribution < 1.29 is 14.4 Å². The van der Waals surface area contributed by atoms with E-state index in [2.05, 4.69) is 5.43 Å². The topological polar surface area (TPSA) is 66.5 Å². The highest BCUT2D eigenvalue weighted by Crippen LogP contribution is 2.60. The first-order chi connectivity index (χ1) is 15.5. The number of amides is 3. The molecule has 1 heterocycles. The molecule has 1 fully saturated rings. The number of hydrogen-bond acceptors (Lipinski definition) is 3. The van der Waals surface area contributed by atoms with Gasteiger partial charge in [0.2, 0.25) is 0 Å². The molecule has 0 unspecified atom stereocenters. The summed E-state index contributed by atoms with van der Waals surface area (Å²) in [5.74, 6) is -2.98. The van der Waals surface area contributed by atoms with Gasteiger partial charge in [-0.25, -0.2) is 0 Å². The minimum absolute atomic E-state index is 0.140. The lowest BCUT2D eigenvalue weighted by Crippen LogP contribution is -2.46. The molecule has 3 aliphatic carbocycles. The van der Waals surface area contributed by atoms with Gasteiger partial charge in [0.15, 0.2) is 0 Å². The molecule has 32 heavy (non-hydrogen) atoms. The van der Waals surface area contributed by atoms with E-state index in [1.54, 1.807) is 0 Å². The molecule has 7 heteroatoms. The molecule has 5 nitrogen and oxygen atoms in total. The zero-order valence-corrected chi connectivity index (χ0v) is 18.1. The summed E-state index contributed by atoms with van der Waals surface area (Å²) in [4.78, 5) is 39.9. The average Bonchev–Trinajstić information content (AvgIpc) is 3.04. The molecule has 2 atom stereocenters. The number of benzene rings is 3. The first kappa shape index (κ1) is 19.5. The van der Waals surface area contributed by atoms with Crippen LogP contribution >= 0.6 is 23.2 Å². The van der Waals surface area contributed by atoms with Crippen LogP contribution in [0.15, 0.2) is 66.7 Å². The van der Waals surface area contributed by atoms with Crippen molar-refractivity contribution in [2.45, 2.75) is 11.8 Å². The molecular formula is C25H16Cl2N2O3. The average molecular weight is 463 g/mol. The number of nitrogens with zero attached hydrogens (tertiary/aromatic N) is 1. The Bertz CT molecular complexity index is 1220. The Morgan fingerprint density at radius 2 is 1.22 bits per heavy atom. The smallest absolute Gasteiger partial charge is 0.271 e. The molecule has 0 saturated carbocycles. The van der Waals surface area contributed by atoms with Crippen molar-refractivity contribution in [2.75, 3.05) is 0 Å². The van der Waals surface area contributed by atoms with E-state index in [0.29, 0.717) is 5.02 Å². The number of halogens is 2. The van der Waals surface area contributed by atoms with Crippen molar-refractivity contribution in [2.24, 2.45) is 11.8 Å². The highest BCUT2D eigenvalue weighted by Gasteiger charge is 2.62. The molecule has 0 spiro atoms. The van der Waals surface area contributed by atoms with Crippen molar-refractivity contribution in [3.05, 3.63) is 105 Å². The molecule has 0 aromatic heterocycles. The Hall–Kier alpha value is -3.15. The van der Waals surface area contributed by atoms with Crippen LogP contribution in [0.5, 0.6) is 0 Å². The molecule has 2 bridgehead atoms. The molecule has 0 radical (unpaired) electrons. The number of hydrazine groups is 1. The van der Waals surface area contributed by atoms with Crippen LogP contribution in [0.25, 0.3) is 0 Å². The monoisotopic (exact) mass is 462 g/mol. The molecule has 1 N–H and O–H groups in total. The third-order valence-corrected chi connectivity index (χ3v) is 7.39. The number of nitrogens with one attached hydrogen (secondary N) is 1. The highest BCUT2D eigenvalue weighted by molar-refractivity contribution is 6.36. The van der Waals surface area contributed by atoms with Gasteiger partial charge in [-0.05, 0) is 40.5 Å². The Morgan fingerprint density at radius 3 is 1.66 bits per heavy atom. The normalized spacial score (nSPS) is 24.8. The van der Waals surface area contributed by atoms with E-state index in [1.165, 1.54) is 18.2 Å². The van der Waals surface area contributed by atoms with Crippen molar-refractivity contribution in [1.82, 2.24) is 10.4 Å². The second-order valence-electron chi connectivity index (χ2n) is 8.34. The fraction of sp³-hybridized carbons (Fsp3) is 0.160. The van der Waals surface area contributed by atoms with E-state index in [4.69, 9.17) is 23.2 Å². The van der Waals surface area contributed by atoms with E-state index in [9.17, 15) is 14.4 Å². The summed E-state index contributed by atoms with van der Waals surface area (Å²) in [6.45, 7) is 0. The number of carbonyl (C=O) groups excluding carboxylic acids is 3. The molecule has 1 saturated heterocycles. The van der Waals surface area contributed by atoms with Gasteiger partial charge in [0.1, 0.15) is 0 Å². The van der Waals surface area contributed by atoms with Crippen LogP contribution in [0.3, 0.4) is 0 Å². The van der Waals surface area contributed by atoms with Crippen LogP contribution in [0.4, 0.5) is 0 Å². The summed E-state index contributed by atoms with van der Waals surface area (Å²) in [5, 5.41) is 1.42. The zero-order valence-electron chi connectivity index (χ0n) is 16.6. The number of carbonyl (C=O) groups is 3. The summed E-state index contributed by atoms with van der Waals surface area (Å²) in [6, 6.07) is 20.4. The second-order valence-corrected chi connectivity index (χ2v) is 9.19. The van der Waals surface area contributed by atoms with Crippen LogP contribution in [0, 0.1) is 11.8 Å². The Kier molecular flexibility index (Phi) is 4.23. The Balaban J connectivity index is 1.41. The molecule has 158 valence electrons. The molecule has 3 amide bonds. The Morgan fingerprint density at radius 1 is 0.750 bits per heavy atom. The Labute approximate surface area is 193 Å². The maximum Gasteiger partial charge on any atom is 0.271 e. The highest BCUT2D eigenvalue weighted by atomic mass is 35.5. The van der Waals surface area contributed by atoms with Gasteiger partial charge in [0.25, 0.3) is 17.7 Å². The molecule has 3 aromatic rings. The number of rotatable bonds is 2. The predicted octanol–water partition coefficient (Wildman–Crippen LogP) is 4.53. The lowest BCUT2D eigenvalue weighted by Gasteiger charge is -2.45. The first-order valence-electron chi connectivity index (χ1n) is 10.3. The SMILES string of the molecule is O=C(NN1C(=O)[C@@H]2C3c4ccccc4C(c4ccccc43)[C@@H]2C1=O)c1ccc(Cl)cc1Cl. The summed E-state index contributed by atoms with van der Waals surface area (Å²) in [7, 11) is 0. The van der Waals surface area contributed by atoms with Crippen LogP contribution in [0.1, 0.15) is 44.4 Å². The van der Waals surface area contributed by atoms with Gasteiger partial charge in [-0.1, -0.05) is 71.7 Å². The standard InChI is InChI=1S/C25H16Cl2N2O3/c26-12-9-10-17(18(27)11-12)23(30)28-29-24(31)21-19-13-5-1-2-6-14(13)20(22(21)25(29)32)16-8-4-3-7-15(16)19/h1-11,19-22H,(H,28,30)/t19?,20?,21-,22+. The van der Waals surface area contributed by atoms with Crippen molar-refractivity contribution >= 4 is 40.9 Å². The summed E-state index contributed by atoms with van der Waals surface area (Å²) < 4.78 is 0. The van der Waals surface area contributed by atoms with Crippen LogP contribution in [-0.2, 0) is 9.59 Å². The van der Waals surface area contributed by atoms with Crippen molar-refractivity contribution in [3.8, 4) is 0 Å². The van der Waals surface area contributed by atoms with Crippen LogP contribution in [-0.4, -0.2) is 22.7 Å². The second kappa shape index (κ2) is 6.92. The van der Waals surface area contributed by atoms with Gasteiger partial charge >= 0.3 is 0 Å². The molecule has 4 aliphatic rings. The predicted molar refractivity (Wildman–Crippen MR) is 119 cm³/mol. The minimum Gasteiger partial charge on any atom is -0.272 e. The fourth-order valence-electron chi connectivity index (χ4n) is 5.62. The zero-order chi connectivity index (χ0) is 22.1. The third kappa shape index (κ3) is 2.55. The van der Waals surface area contributed by atoms with Gasteiger partial charge in [0.05, 0.1) is 22.4 Å². The lowest BCUT2D eigenvalue weighted by molar-refractivity contribution is -0.142. The van der Waals surface area contributed by atoms with E-state index >= 15 is 0 Å². The quantitative estimate of drug-likeness (QED) is 0.568. The molecular weight excluding hydrogens is 447 g/mol. The van der Waals surface area contributed by atoms with Gasteiger partial charge in [-0.15, -0.1) is 0 Å². The fourth-order valence-corrected chi connectivity index (χ4v) is 6.12. The van der Waals surface area contributed by atoms with Gasteiger partial charge < -0.3 is 0 Å². The molecule has 1 aliphatic heterocycles. The van der Waals surface area contributed by atoms with Crippen molar-refractivity contribution in [3.63, 3.8) is 0 Å². The van der Waals surface area contributed by atoms with Crippen LogP contribution in [0.2, 0.25) is 10.0 Å². The van der Waals surface area contributed by atoms with Crippen LogP contribution < -0.4 is 5.43 Å². The third-order valence-electron chi connectivity index (χ3n) is 6.84. The summed E-state index contributed by atoms with van der Waals surface area (Å²) >= 11 is 12.1. The number of hydrogen-bond donors (Lipinski definition) is 1. The van der Waals surface area contributed by atoms with E-state index in [1.807, 2.05) is 48.5 Å². The van der Waals surface area contributed by atoms with Gasteiger partial charge in [-0.3, -0.25) is 19.8 Å². The summed E-state index contributed by atoms with van der Waals surface area (Å²) in [6.07, 6.45) is 0. The largest absolute Gasteiger partial charge is 0.272 e. The van der Waals surface area contributed by atoms with E-state index in [0.717, 1.165) is 27.3 Å². The minimum atomic E-state index is -0.630. The number of imide groups is 1. The first-order valence-corrected chi connectivity index (χ1v) is 11.0. The van der Waals surface area contributed by atoms with Gasteiger partial charge in [-0.2, -0.15) is 5.01 Å². The van der Waals surface area contributed by atoms with E-state index in [-0.39, 0.29) is 22.4 Å². The maximum atomic E-state index is 13.5. The lowest BCUT2D eigenvalue weighted by atomic mass is 9.55. The van der Waals surface area contributed by atoms with E-state index < -0.39 is 29.6 Å². The maximum absolute atomic E-state index is 13.5. The summed E-state index contributed by atoms with van der Waals surface area (Å²) in [5.41, 5.74) is 6.95. The van der Waals surface area contributed by atoms with Gasteiger partial charge in [0, 0.05) is 16.9 Å². The molecule has 7 rings (SSSR count). The van der Waals surface area contributed by atoms with Crippen molar-refractivity contribution in [1.29, 1.82) is 0 Å². The molecule has 3 aromatic carbocycles.